The third-order valence-electron chi connectivity index (χ3n) is 4.01. The van der Waals surface area contributed by atoms with E-state index >= 15 is 0 Å². The Morgan fingerprint density at radius 3 is 2.45 bits per heavy atom. The van der Waals surface area contributed by atoms with E-state index in [2.05, 4.69) is 5.32 Å². The molecule has 0 bridgehead atoms. The fourth-order valence-electron chi connectivity index (χ4n) is 3.04. The summed E-state index contributed by atoms with van der Waals surface area (Å²) in [5.41, 5.74) is -0.344. The molecule has 116 valence electrons. The summed E-state index contributed by atoms with van der Waals surface area (Å²) >= 11 is 0. The molecular formula is C15H27NO4. The van der Waals surface area contributed by atoms with Crippen LogP contribution >= 0.6 is 0 Å². The van der Waals surface area contributed by atoms with Crippen LogP contribution in [-0.4, -0.2) is 36.2 Å². The van der Waals surface area contributed by atoms with Gasteiger partial charge < -0.3 is 15.2 Å². The van der Waals surface area contributed by atoms with Crippen LogP contribution in [0.5, 0.6) is 0 Å². The van der Waals surface area contributed by atoms with Crippen molar-refractivity contribution in [1.82, 2.24) is 5.32 Å². The summed E-state index contributed by atoms with van der Waals surface area (Å²) in [6.45, 7) is 4.94. The highest BCUT2D eigenvalue weighted by Crippen LogP contribution is 2.42. The maximum absolute atomic E-state index is 12.0. The Kier molecular flexibility index (Phi) is 6.99. The van der Waals surface area contributed by atoms with Crippen molar-refractivity contribution >= 4 is 11.9 Å². The lowest BCUT2D eigenvalue weighted by atomic mass is 9.69. The lowest BCUT2D eigenvalue weighted by Gasteiger charge is -2.35. The van der Waals surface area contributed by atoms with Crippen LogP contribution in [0.3, 0.4) is 0 Å². The molecule has 0 heterocycles. The molecule has 0 aliphatic heterocycles. The highest BCUT2D eigenvalue weighted by atomic mass is 16.5. The van der Waals surface area contributed by atoms with Crippen LogP contribution < -0.4 is 5.32 Å². The highest BCUT2D eigenvalue weighted by molar-refractivity contribution is 5.78. The minimum absolute atomic E-state index is 0.00858. The zero-order chi connectivity index (χ0) is 15.0. The number of carbonyl (C=O) groups excluding carboxylic acids is 1. The maximum Gasteiger partial charge on any atom is 0.303 e. The predicted octanol–water partition coefficient (Wildman–Crippen LogP) is 2.34. The minimum Gasteiger partial charge on any atom is -0.481 e. The number of ether oxygens (including phenoxy) is 1. The molecule has 1 saturated carbocycles. The summed E-state index contributed by atoms with van der Waals surface area (Å²) in [5.74, 6) is -0.859. The smallest absolute Gasteiger partial charge is 0.303 e. The lowest BCUT2D eigenvalue weighted by molar-refractivity contribution is -0.141. The molecule has 1 amide bonds. The first kappa shape index (κ1) is 17.0. The van der Waals surface area contributed by atoms with Gasteiger partial charge in [0.2, 0.25) is 5.91 Å². The Labute approximate surface area is 121 Å². The van der Waals surface area contributed by atoms with Crippen molar-refractivity contribution in [2.24, 2.45) is 5.41 Å². The average Bonchev–Trinajstić information content (AvgIpc) is 2.36. The topological polar surface area (TPSA) is 75.6 Å². The largest absolute Gasteiger partial charge is 0.481 e. The molecule has 1 rings (SSSR count). The first-order valence-electron chi connectivity index (χ1n) is 7.57. The standard InChI is InChI=1S/C15H27NO4/c1-3-20-12(2)11-16-13(17)9-15(10-14(18)19)7-5-4-6-8-15/h12H,3-11H2,1-2H3,(H,16,17)(H,18,19). The van der Waals surface area contributed by atoms with E-state index in [0.717, 1.165) is 32.1 Å². The third kappa shape index (κ3) is 5.90. The number of rotatable bonds is 8. The summed E-state index contributed by atoms with van der Waals surface area (Å²) in [7, 11) is 0. The van der Waals surface area contributed by atoms with Crippen molar-refractivity contribution in [3.8, 4) is 0 Å². The predicted molar refractivity (Wildman–Crippen MR) is 76.5 cm³/mol. The highest BCUT2D eigenvalue weighted by Gasteiger charge is 2.36. The van der Waals surface area contributed by atoms with Crippen LogP contribution in [-0.2, 0) is 14.3 Å². The number of carboxylic acid groups (broad SMARTS) is 1. The first-order valence-corrected chi connectivity index (χ1v) is 7.57. The summed E-state index contributed by atoms with van der Waals surface area (Å²) in [4.78, 5) is 23.1. The van der Waals surface area contributed by atoms with Crippen LogP contribution in [0.25, 0.3) is 0 Å². The molecule has 0 aromatic rings. The molecule has 20 heavy (non-hydrogen) atoms. The fourth-order valence-corrected chi connectivity index (χ4v) is 3.04. The van der Waals surface area contributed by atoms with E-state index < -0.39 is 5.97 Å². The van der Waals surface area contributed by atoms with Gasteiger partial charge in [-0.05, 0) is 32.1 Å². The molecule has 1 atom stereocenters. The summed E-state index contributed by atoms with van der Waals surface area (Å²) in [6.07, 6.45) is 5.28. The van der Waals surface area contributed by atoms with E-state index in [9.17, 15) is 9.59 Å². The molecule has 1 unspecified atom stereocenters. The van der Waals surface area contributed by atoms with Crippen molar-refractivity contribution in [1.29, 1.82) is 0 Å². The van der Waals surface area contributed by atoms with Gasteiger partial charge >= 0.3 is 5.97 Å². The zero-order valence-electron chi connectivity index (χ0n) is 12.6. The Morgan fingerprint density at radius 1 is 1.25 bits per heavy atom. The van der Waals surface area contributed by atoms with Crippen LogP contribution in [0.1, 0.15) is 58.8 Å². The van der Waals surface area contributed by atoms with E-state index in [1.54, 1.807) is 0 Å². The van der Waals surface area contributed by atoms with Gasteiger partial charge in [-0.1, -0.05) is 19.3 Å². The molecule has 0 spiro atoms. The fraction of sp³-hybridized carbons (Fsp3) is 0.867. The molecule has 0 aromatic heterocycles. The Hall–Kier alpha value is -1.10. The molecular weight excluding hydrogens is 258 g/mol. The summed E-state index contributed by atoms with van der Waals surface area (Å²) in [6, 6.07) is 0. The van der Waals surface area contributed by atoms with Gasteiger partial charge in [0.1, 0.15) is 0 Å². The van der Waals surface area contributed by atoms with Crippen LogP contribution in [0, 0.1) is 5.41 Å². The zero-order valence-corrected chi connectivity index (χ0v) is 12.6. The maximum atomic E-state index is 12.0. The average molecular weight is 285 g/mol. The van der Waals surface area contributed by atoms with Gasteiger partial charge in [-0.25, -0.2) is 0 Å². The summed E-state index contributed by atoms with van der Waals surface area (Å²) in [5, 5.41) is 11.9. The van der Waals surface area contributed by atoms with Gasteiger partial charge in [0.25, 0.3) is 0 Å². The normalized spacial score (nSPS) is 19.3. The number of carboxylic acids is 1. The Bertz CT molecular complexity index is 324. The molecule has 1 aliphatic carbocycles. The van der Waals surface area contributed by atoms with E-state index in [4.69, 9.17) is 9.84 Å². The van der Waals surface area contributed by atoms with E-state index in [0.29, 0.717) is 19.6 Å². The number of hydrogen-bond acceptors (Lipinski definition) is 3. The molecule has 0 radical (unpaired) electrons. The van der Waals surface area contributed by atoms with Gasteiger partial charge in [0, 0.05) is 19.6 Å². The quantitative estimate of drug-likeness (QED) is 0.717. The Balaban J connectivity index is 2.47. The van der Waals surface area contributed by atoms with E-state index in [1.807, 2.05) is 13.8 Å². The van der Waals surface area contributed by atoms with E-state index in [1.165, 1.54) is 0 Å². The second kappa shape index (κ2) is 8.25. The monoisotopic (exact) mass is 285 g/mol. The van der Waals surface area contributed by atoms with Crippen molar-refractivity contribution in [3.05, 3.63) is 0 Å². The number of hydrogen-bond donors (Lipinski definition) is 2. The molecule has 5 heteroatoms. The minimum atomic E-state index is -0.803. The Morgan fingerprint density at radius 2 is 1.90 bits per heavy atom. The number of nitrogens with one attached hydrogen (secondary N) is 1. The van der Waals surface area contributed by atoms with Crippen LogP contribution in [0.15, 0.2) is 0 Å². The lowest BCUT2D eigenvalue weighted by Crippen LogP contribution is -2.38. The molecule has 1 aliphatic rings. The number of amides is 1. The molecule has 1 fully saturated rings. The second-order valence-corrected chi connectivity index (χ2v) is 5.88. The van der Waals surface area contributed by atoms with Crippen molar-refractivity contribution in [2.45, 2.75) is 64.9 Å². The van der Waals surface area contributed by atoms with Crippen molar-refractivity contribution in [3.63, 3.8) is 0 Å². The second-order valence-electron chi connectivity index (χ2n) is 5.88. The van der Waals surface area contributed by atoms with E-state index in [-0.39, 0.29) is 23.8 Å². The van der Waals surface area contributed by atoms with Gasteiger partial charge in [-0.15, -0.1) is 0 Å². The molecule has 5 nitrogen and oxygen atoms in total. The van der Waals surface area contributed by atoms with Crippen LogP contribution in [0.2, 0.25) is 0 Å². The van der Waals surface area contributed by atoms with Crippen LogP contribution in [0.4, 0.5) is 0 Å². The summed E-state index contributed by atoms with van der Waals surface area (Å²) < 4.78 is 5.36. The van der Waals surface area contributed by atoms with Gasteiger partial charge in [-0.2, -0.15) is 0 Å². The molecule has 0 aromatic carbocycles. The van der Waals surface area contributed by atoms with Gasteiger partial charge in [0.05, 0.1) is 12.5 Å². The first-order chi connectivity index (χ1) is 9.47. The third-order valence-corrected chi connectivity index (χ3v) is 4.01. The van der Waals surface area contributed by atoms with Gasteiger partial charge in [-0.3, -0.25) is 9.59 Å². The van der Waals surface area contributed by atoms with Crippen molar-refractivity contribution in [2.75, 3.05) is 13.2 Å². The number of carbonyl (C=O) groups is 2. The van der Waals surface area contributed by atoms with Crippen molar-refractivity contribution < 1.29 is 19.4 Å². The molecule has 2 N–H and O–H groups in total. The SMILES string of the molecule is CCOC(C)CNC(=O)CC1(CC(=O)O)CCCCC1. The number of aliphatic carboxylic acids is 1. The molecule has 0 saturated heterocycles. The van der Waals surface area contributed by atoms with Gasteiger partial charge in [0.15, 0.2) is 0 Å².